The third-order valence-corrected chi connectivity index (χ3v) is 12.2. The number of hydrogen-bond acceptors (Lipinski definition) is 11. The molecule has 0 spiro atoms. The zero-order valence-electron chi connectivity index (χ0n) is 31.6. The number of sulfonamides is 2. The van der Waals surface area contributed by atoms with E-state index in [0.29, 0.717) is 41.8 Å². The van der Waals surface area contributed by atoms with Crippen molar-refractivity contribution in [2.24, 2.45) is 10.1 Å². The number of hydrogen-bond donors (Lipinski definition) is 3. The Morgan fingerprint density at radius 2 is 1.27 bits per heavy atom. The SMILES string of the molecule is CC(C)n1ccc(S(=O)(=O)NC(=O)Nc2c3c(cc4c2C(=O)CC4)CCC3)n1.CC(C)n1ccc(S(N)(=O)=O)n1.O=C=Nc1c2c(cc3c1C(=O)CC3)CCC2. The van der Waals surface area contributed by atoms with Crippen molar-refractivity contribution in [3.8, 4) is 0 Å². The second-order valence-electron chi connectivity index (χ2n) is 14.6. The molecule has 296 valence electrons. The first kappa shape index (κ1) is 40.4. The van der Waals surface area contributed by atoms with Crippen molar-refractivity contribution >= 4 is 55.1 Å². The average Bonchev–Trinajstić information content (AvgIpc) is 3.98. The third kappa shape index (κ3) is 8.43. The fourth-order valence-corrected chi connectivity index (χ4v) is 8.79. The number of aryl methyl sites for hydroxylation is 4. The van der Waals surface area contributed by atoms with Gasteiger partial charge in [0.05, 0.1) is 11.4 Å². The first-order valence-corrected chi connectivity index (χ1v) is 21.5. The highest BCUT2D eigenvalue weighted by Crippen LogP contribution is 2.40. The Bertz CT molecular complexity index is 2510. The minimum Gasteiger partial charge on any atom is -0.306 e. The second-order valence-corrected chi connectivity index (χ2v) is 17.8. The predicted molar refractivity (Wildman–Crippen MR) is 206 cm³/mol. The maximum atomic E-state index is 12.5. The summed E-state index contributed by atoms with van der Waals surface area (Å²) in [4.78, 5) is 50.9. The molecule has 56 heavy (non-hydrogen) atoms. The van der Waals surface area contributed by atoms with Crippen LogP contribution in [0.3, 0.4) is 0 Å². The van der Waals surface area contributed by atoms with Crippen LogP contribution in [0.2, 0.25) is 0 Å². The average molecular weight is 805 g/mol. The number of amides is 2. The molecule has 0 saturated carbocycles. The number of fused-ring (bicyclic) bond motifs is 4. The molecule has 0 aliphatic heterocycles. The van der Waals surface area contributed by atoms with E-state index >= 15 is 0 Å². The zero-order valence-corrected chi connectivity index (χ0v) is 33.2. The van der Waals surface area contributed by atoms with Gasteiger partial charge >= 0.3 is 6.03 Å². The number of rotatable bonds is 7. The number of nitrogens with zero attached hydrogens (tertiary/aromatic N) is 5. The molecule has 16 nitrogen and oxygen atoms in total. The van der Waals surface area contributed by atoms with Gasteiger partial charge in [0, 0.05) is 48.4 Å². The molecule has 0 unspecified atom stereocenters. The third-order valence-electron chi connectivity index (χ3n) is 10.2. The van der Waals surface area contributed by atoms with Crippen LogP contribution in [0.1, 0.15) is 120 Å². The lowest BCUT2D eigenvalue weighted by atomic mass is 9.98. The van der Waals surface area contributed by atoms with Crippen molar-refractivity contribution in [3.63, 3.8) is 0 Å². The molecule has 4 N–H and O–H groups in total. The van der Waals surface area contributed by atoms with Crippen molar-refractivity contribution in [3.05, 3.63) is 81.2 Å². The minimum atomic E-state index is -4.11. The maximum Gasteiger partial charge on any atom is 0.333 e. The van der Waals surface area contributed by atoms with E-state index in [1.807, 2.05) is 32.4 Å². The van der Waals surface area contributed by atoms with Gasteiger partial charge in [-0.05, 0) is 125 Å². The minimum absolute atomic E-state index is 0.00159. The zero-order chi connectivity index (χ0) is 40.5. The molecule has 2 heterocycles. The lowest BCUT2D eigenvalue weighted by Crippen LogP contribution is -2.35. The van der Waals surface area contributed by atoms with Crippen molar-refractivity contribution in [1.29, 1.82) is 0 Å². The molecule has 8 rings (SSSR count). The lowest BCUT2D eigenvalue weighted by molar-refractivity contribution is 0.0987. The van der Waals surface area contributed by atoms with E-state index in [1.54, 1.807) is 23.2 Å². The number of primary sulfonamides is 1. The van der Waals surface area contributed by atoms with Crippen LogP contribution in [0, 0.1) is 0 Å². The van der Waals surface area contributed by atoms with Crippen molar-refractivity contribution < 1.29 is 36.0 Å². The van der Waals surface area contributed by atoms with Gasteiger partial charge in [0.15, 0.2) is 21.6 Å². The number of aromatic nitrogens is 4. The van der Waals surface area contributed by atoms with Gasteiger partial charge in [-0.3, -0.25) is 19.0 Å². The van der Waals surface area contributed by atoms with Gasteiger partial charge in [0.1, 0.15) is 0 Å². The fourth-order valence-electron chi connectivity index (χ4n) is 7.49. The number of ketones is 2. The topological polar surface area (TPSA) is 235 Å². The van der Waals surface area contributed by atoms with Gasteiger partial charge < -0.3 is 5.32 Å². The number of urea groups is 1. The Morgan fingerprint density at radius 1 is 0.750 bits per heavy atom. The number of benzene rings is 2. The summed E-state index contributed by atoms with van der Waals surface area (Å²) in [6.07, 6.45) is 12.8. The molecule has 2 aromatic carbocycles. The van der Waals surface area contributed by atoms with Gasteiger partial charge in [-0.1, -0.05) is 12.1 Å². The molecule has 4 aliphatic carbocycles. The lowest BCUT2D eigenvalue weighted by Gasteiger charge is -2.15. The van der Waals surface area contributed by atoms with E-state index in [-0.39, 0.29) is 33.7 Å². The number of nitrogens with one attached hydrogen (secondary N) is 2. The number of anilines is 1. The molecule has 0 bridgehead atoms. The summed E-state index contributed by atoms with van der Waals surface area (Å²) in [5.41, 5.74) is 8.71. The highest BCUT2D eigenvalue weighted by molar-refractivity contribution is 7.90. The molecule has 0 saturated heterocycles. The molecule has 18 heteroatoms. The van der Waals surface area contributed by atoms with E-state index in [9.17, 15) is 36.0 Å². The Labute approximate surface area is 325 Å². The van der Waals surface area contributed by atoms with Crippen LogP contribution in [0.15, 0.2) is 51.7 Å². The Morgan fingerprint density at radius 3 is 1.80 bits per heavy atom. The van der Waals surface area contributed by atoms with Gasteiger partial charge in [-0.2, -0.15) is 23.6 Å². The first-order chi connectivity index (χ1) is 26.5. The van der Waals surface area contributed by atoms with Gasteiger partial charge in [0.2, 0.25) is 6.08 Å². The van der Waals surface area contributed by atoms with E-state index in [4.69, 9.17) is 5.14 Å². The highest BCUT2D eigenvalue weighted by atomic mass is 32.2. The largest absolute Gasteiger partial charge is 0.333 e. The van der Waals surface area contributed by atoms with E-state index in [2.05, 4.69) is 32.6 Å². The second kappa shape index (κ2) is 16.1. The monoisotopic (exact) mass is 804 g/mol. The summed E-state index contributed by atoms with van der Waals surface area (Å²) < 4.78 is 51.6. The predicted octanol–water partition coefficient (Wildman–Crippen LogP) is 4.97. The summed E-state index contributed by atoms with van der Waals surface area (Å²) >= 11 is 0. The normalized spacial score (nSPS) is 15.3. The summed E-state index contributed by atoms with van der Waals surface area (Å²) in [6, 6.07) is 6.17. The number of Topliss-reactive ketones (excluding diaryl/α,β-unsaturated/α-hetero) is 2. The maximum absolute atomic E-state index is 12.5. The summed E-state index contributed by atoms with van der Waals surface area (Å²) in [5, 5.41) is 15.0. The molecule has 4 aliphatic rings. The van der Waals surface area contributed by atoms with Crippen molar-refractivity contribution in [2.75, 3.05) is 5.32 Å². The van der Waals surface area contributed by atoms with Crippen LogP contribution in [-0.4, -0.2) is 60.1 Å². The summed E-state index contributed by atoms with van der Waals surface area (Å²) in [7, 11) is -7.76. The van der Waals surface area contributed by atoms with Crippen LogP contribution < -0.4 is 15.2 Å². The van der Waals surface area contributed by atoms with Crippen LogP contribution in [0.25, 0.3) is 0 Å². The Hall–Kier alpha value is -5.29. The molecule has 2 aromatic heterocycles. The standard InChI is InChI=1S/C19H22N4O4S.C13H11NO2.C6H11N3O2S/c1-11(2)23-9-8-16(21-23)28(26,27)22-19(25)20-18-14-5-3-4-12(14)10-13-6-7-15(24)17(13)18;15-7-14-13-10-3-1-2-8(10)6-9-4-5-11(16)12(9)13;1-5(2)9-4-3-6(8-9)12(7,10)11/h8-11H,3-7H2,1-2H3,(H2,20,22,25);6H,1-5H2;3-5H,1-2H3,(H2,7,10,11). The van der Waals surface area contributed by atoms with Gasteiger partial charge in [-0.15, -0.1) is 0 Å². The van der Waals surface area contributed by atoms with E-state index < -0.39 is 26.1 Å². The number of isocyanates is 1. The number of carbonyl (C=O) groups is 3. The molecule has 0 atom stereocenters. The van der Waals surface area contributed by atoms with Crippen molar-refractivity contribution in [1.82, 2.24) is 24.3 Å². The van der Waals surface area contributed by atoms with Crippen LogP contribution in [-0.2, 0) is 63.4 Å². The van der Waals surface area contributed by atoms with Crippen LogP contribution in [0.5, 0.6) is 0 Å². The van der Waals surface area contributed by atoms with Crippen molar-refractivity contribution in [2.45, 2.75) is 114 Å². The molecular weight excluding hydrogens is 761 g/mol. The summed E-state index contributed by atoms with van der Waals surface area (Å²) in [6.45, 7) is 7.55. The molecule has 0 radical (unpaired) electrons. The Kier molecular flexibility index (Phi) is 11.6. The van der Waals surface area contributed by atoms with Crippen LogP contribution in [0.4, 0.5) is 16.2 Å². The quantitative estimate of drug-likeness (QED) is 0.167. The van der Waals surface area contributed by atoms with Crippen LogP contribution >= 0.6 is 0 Å². The Balaban J connectivity index is 0.000000159. The molecular formula is C38H44N8O8S2. The van der Waals surface area contributed by atoms with Gasteiger partial charge in [0.25, 0.3) is 20.0 Å². The fraction of sp³-hybridized carbons (Fsp3) is 0.421. The highest BCUT2D eigenvalue weighted by Gasteiger charge is 2.31. The molecule has 0 fully saturated rings. The number of carbonyl (C=O) groups excluding carboxylic acids is 4. The van der Waals surface area contributed by atoms with E-state index in [0.717, 1.165) is 72.8 Å². The van der Waals surface area contributed by atoms with E-state index in [1.165, 1.54) is 22.4 Å². The molecule has 4 aromatic rings. The molecule has 2 amide bonds. The number of aliphatic imine (C=N–C) groups is 1. The smallest absolute Gasteiger partial charge is 0.306 e. The first-order valence-electron chi connectivity index (χ1n) is 18.4. The number of nitrogens with two attached hydrogens (primary N) is 1. The summed E-state index contributed by atoms with van der Waals surface area (Å²) in [5.74, 6) is 0.109. The van der Waals surface area contributed by atoms with Gasteiger partial charge in [-0.25, -0.2) is 27.9 Å².